The first-order valence-corrected chi connectivity index (χ1v) is 5.85. The third kappa shape index (κ3) is 5.33. The van der Waals surface area contributed by atoms with E-state index < -0.39 is 11.8 Å². The molecule has 0 saturated heterocycles. The van der Waals surface area contributed by atoms with E-state index in [1.54, 1.807) is 0 Å². The predicted octanol–water partition coefficient (Wildman–Crippen LogP) is -1.01. The maximum absolute atomic E-state index is 11.6. The maximum Gasteiger partial charge on any atom is 0.274 e. The van der Waals surface area contributed by atoms with Crippen LogP contribution in [0.25, 0.3) is 0 Å². The first kappa shape index (κ1) is 16.1. The van der Waals surface area contributed by atoms with Crippen LogP contribution in [0.2, 0.25) is 0 Å². The van der Waals surface area contributed by atoms with Crippen molar-refractivity contribution in [2.45, 2.75) is 0 Å². The average Bonchev–Trinajstić information content (AvgIpc) is 2.47. The zero-order chi connectivity index (χ0) is 14.8. The summed E-state index contributed by atoms with van der Waals surface area (Å²) < 4.78 is 0. The predicted molar refractivity (Wildman–Crippen MR) is 67.5 cm³/mol. The Hall–Kier alpha value is -2.00. The Morgan fingerprint density at radius 1 is 0.950 bits per heavy atom. The van der Waals surface area contributed by atoms with Gasteiger partial charge in [-0.15, -0.1) is 0 Å². The van der Waals surface area contributed by atoms with E-state index in [2.05, 4.69) is 20.6 Å². The molecular weight excluding hydrogens is 268 g/mol. The molecule has 110 valence electrons. The van der Waals surface area contributed by atoms with Crippen LogP contribution in [0.15, 0.2) is 24.3 Å². The molecule has 0 fully saturated rings. The molecule has 1 aromatic rings. The molecule has 0 atom stereocenters. The average molecular weight is 284 g/mol. The van der Waals surface area contributed by atoms with Crippen LogP contribution in [0, 0.1) is 0 Å². The minimum atomic E-state index is -0.538. The van der Waals surface area contributed by atoms with Crippen molar-refractivity contribution in [2.24, 2.45) is 0 Å². The minimum Gasteiger partial charge on any atom is -0.394 e. The Morgan fingerprint density at radius 2 is 1.40 bits per heavy atom. The van der Waals surface area contributed by atoms with Gasteiger partial charge in [-0.05, 0) is 18.2 Å². The van der Waals surface area contributed by atoms with E-state index in [0.29, 0.717) is 0 Å². The summed E-state index contributed by atoms with van der Waals surface area (Å²) in [6, 6.07) is 5.89. The number of benzene rings is 1. The second-order valence-electron chi connectivity index (χ2n) is 3.59. The summed E-state index contributed by atoms with van der Waals surface area (Å²) in [5, 5.41) is 17.0. The summed E-state index contributed by atoms with van der Waals surface area (Å²) in [6.45, 7) is -0.488. The first-order chi connectivity index (χ1) is 9.69. The number of aliphatic hydroxyl groups is 2. The molecule has 0 spiro atoms. The number of carbonyl (C=O) groups is 2. The molecule has 0 aromatic heterocycles. The van der Waals surface area contributed by atoms with Crippen LogP contribution < -0.4 is 11.0 Å². The first-order valence-electron chi connectivity index (χ1n) is 5.85. The molecule has 0 saturated carbocycles. The molecule has 4 N–H and O–H groups in total. The highest BCUT2D eigenvalue weighted by Crippen LogP contribution is 2.05. The molecular formula is C12H16N2O6. The van der Waals surface area contributed by atoms with Crippen molar-refractivity contribution in [3.63, 3.8) is 0 Å². The van der Waals surface area contributed by atoms with Gasteiger partial charge in [-0.25, -0.2) is 11.0 Å². The summed E-state index contributed by atoms with van der Waals surface area (Å²) in [4.78, 5) is 32.6. The molecule has 0 aliphatic heterocycles. The quantitative estimate of drug-likeness (QED) is 0.359. The third-order valence-corrected chi connectivity index (χ3v) is 2.10. The van der Waals surface area contributed by atoms with Gasteiger partial charge in [-0.3, -0.25) is 19.3 Å². The van der Waals surface area contributed by atoms with Crippen LogP contribution >= 0.6 is 0 Å². The van der Waals surface area contributed by atoms with Crippen LogP contribution in [0.5, 0.6) is 0 Å². The Labute approximate surface area is 115 Å². The summed E-state index contributed by atoms with van der Waals surface area (Å²) >= 11 is 0. The molecule has 0 unspecified atom stereocenters. The van der Waals surface area contributed by atoms with Gasteiger partial charge in [0.1, 0.15) is 0 Å². The molecule has 2 amide bonds. The van der Waals surface area contributed by atoms with E-state index in [1.165, 1.54) is 24.3 Å². The molecule has 8 nitrogen and oxygen atoms in total. The number of aliphatic hydroxyl groups excluding tert-OH is 2. The van der Waals surface area contributed by atoms with Crippen molar-refractivity contribution >= 4 is 11.8 Å². The fourth-order valence-electron chi connectivity index (χ4n) is 1.24. The molecule has 20 heavy (non-hydrogen) atoms. The highest BCUT2D eigenvalue weighted by molar-refractivity contribution is 5.98. The fraction of sp³-hybridized carbons (Fsp3) is 0.333. The van der Waals surface area contributed by atoms with E-state index in [9.17, 15) is 9.59 Å². The lowest BCUT2D eigenvalue weighted by Crippen LogP contribution is -2.27. The van der Waals surface area contributed by atoms with Gasteiger partial charge < -0.3 is 10.2 Å². The molecule has 1 aromatic carbocycles. The van der Waals surface area contributed by atoms with Gasteiger partial charge in [-0.2, -0.15) is 0 Å². The largest absolute Gasteiger partial charge is 0.394 e. The minimum absolute atomic E-state index is 0.0269. The molecule has 0 aliphatic rings. The lowest BCUT2D eigenvalue weighted by atomic mass is 10.1. The molecule has 8 heteroatoms. The van der Waals surface area contributed by atoms with E-state index in [-0.39, 0.29) is 37.6 Å². The van der Waals surface area contributed by atoms with Gasteiger partial charge in [0, 0.05) is 11.1 Å². The monoisotopic (exact) mass is 284 g/mol. The van der Waals surface area contributed by atoms with Gasteiger partial charge in [0.15, 0.2) is 0 Å². The normalized spacial score (nSPS) is 10.1. The molecule has 0 bridgehead atoms. The maximum atomic E-state index is 11.6. The summed E-state index contributed by atoms with van der Waals surface area (Å²) in [5.41, 5.74) is 4.69. The number of nitrogens with one attached hydrogen (secondary N) is 2. The van der Waals surface area contributed by atoms with E-state index in [1.807, 2.05) is 0 Å². The van der Waals surface area contributed by atoms with Crippen molar-refractivity contribution in [2.75, 3.05) is 26.4 Å². The molecule has 0 aliphatic carbocycles. The SMILES string of the molecule is O=C(NOCCO)c1cccc(C(=O)NOCCO)c1. The van der Waals surface area contributed by atoms with Crippen molar-refractivity contribution in [3.05, 3.63) is 35.4 Å². The van der Waals surface area contributed by atoms with Crippen LogP contribution in [-0.4, -0.2) is 48.5 Å². The Bertz CT molecular complexity index is 414. The second-order valence-corrected chi connectivity index (χ2v) is 3.59. The van der Waals surface area contributed by atoms with Gasteiger partial charge >= 0.3 is 0 Å². The highest BCUT2D eigenvalue weighted by atomic mass is 16.7. The smallest absolute Gasteiger partial charge is 0.274 e. The van der Waals surface area contributed by atoms with Crippen molar-refractivity contribution < 1.29 is 29.5 Å². The zero-order valence-electron chi connectivity index (χ0n) is 10.7. The van der Waals surface area contributed by atoms with Gasteiger partial charge in [0.2, 0.25) is 0 Å². The Morgan fingerprint density at radius 3 is 1.80 bits per heavy atom. The standard InChI is InChI=1S/C12H16N2O6/c15-4-6-19-13-11(17)9-2-1-3-10(8-9)12(18)14-20-7-5-16/h1-3,8,15-16H,4-7H2,(H,13,17)(H,14,18). The van der Waals surface area contributed by atoms with Crippen molar-refractivity contribution in [1.29, 1.82) is 0 Å². The number of carbonyl (C=O) groups excluding carboxylic acids is 2. The van der Waals surface area contributed by atoms with Gasteiger partial charge in [0.05, 0.1) is 26.4 Å². The fourth-order valence-corrected chi connectivity index (χ4v) is 1.24. The second kappa shape index (κ2) is 8.99. The topological polar surface area (TPSA) is 117 Å². The number of hydroxylamine groups is 2. The highest BCUT2D eigenvalue weighted by Gasteiger charge is 2.10. The van der Waals surface area contributed by atoms with Crippen molar-refractivity contribution in [1.82, 2.24) is 11.0 Å². The van der Waals surface area contributed by atoms with Crippen LogP contribution in [0.4, 0.5) is 0 Å². The number of hydrogen-bond acceptors (Lipinski definition) is 6. The van der Waals surface area contributed by atoms with Gasteiger partial charge in [0.25, 0.3) is 11.8 Å². The molecule has 0 heterocycles. The lowest BCUT2D eigenvalue weighted by Gasteiger charge is -2.07. The third-order valence-electron chi connectivity index (χ3n) is 2.10. The Balaban J connectivity index is 2.60. The van der Waals surface area contributed by atoms with E-state index in [4.69, 9.17) is 10.2 Å². The zero-order valence-corrected chi connectivity index (χ0v) is 10.7. The summed E-state index contributed by atoms with van der Waals surface area (Å²) in [7, 11) is 0. The molecule has 0 radical (unpaired) electrons. The van der Waals surface area contributed by atoms with Gasteiger partial charge in [-0.1, -0.05) is 6.07 Å². The number of rotatable bonds is 8. The van der Waals surface area contributed by atoms with Crippen LogP contribution in [0.1, 0.15) is 20.7 Å². The van der Waals surface area contributed by atoms with E-state index >= 15 is 0 Å². The van der Waals surface area contributed by atoms with Crippen LogP contribution in [0.3, 0.4) is 0 Å². The lowest BCUT2D eigenvalue weighted by molar-refractivity contribution is 0.0165. The Kier molecular flexibility index (Phi) is 7.22. The van der Waals surface area contributed by atoms with Crippen LogP contribution in [-0.2, 0) is 9.68 Å². The van der Waals surface area contributed by atoms with E-state index in [0.717, 1.165) is 0 Å². The number of hydrogen-bond donors (Lipinski definition) is 4. The summed E-state index contributed by atoms with van der Waals surface area (Å²) in [6.07, 6.45) is 0. The number of amides is 2. The summed E-state index contributed by atoms with van der Waals surface area (Å²) in [5.74, 6) is -1.08. The van der Waals surface area contributed by atoms with Crippen molar-refractivity contribution in [3.8, 4) is 0 Å². The molecule has 1 rings (SSSR count).